The monoisotopic (exact) mass is 378 g/mol. The van der Waals surface area contributed by atoms with Gasteiger partial charge in [0.05, 0.1) is 6.54 Å². The number of hydrogen-bond acceptors (Lipinski definition) is 3. The maximum atomic E-state index is 12.5. The summed E-state index contributed by atoms with van der Waals surface area (Å²) in [5.74, 6) is 0.0935. The van der Waals surface area contributed by atoms with E-state index in [1.807, 2.05) is 7.05 Å². The smallest absolute Gasteiger partial charge is 0.236 e. The quantitative estimate of drug-likeness (QED) is 0.595. The van der Waals surface area contributed by atoms with Crippen molar-refractivity contribution >= 4 is 28.4 Å². The topological polar surface area (TPSA) is 32.3 Å². The highest BCUT2D eigenvalue weighted by Crippen LogP contribution is 2.24. The van der Waals surface area contributed by atoms with E-state index in [0.717, 1.165) is 5.56 Å². The van der Waals surface area contributed by atoms with Crippen LogP contribution in [0.2, 0.25) is 0 Å². The number of fused-ring (bicyclic) bond motifs is 1. The molecule has 0 saturated heterocycles. The van der Waals surface area contributed by atoms with Crippen LogP contribution in [0.3, 0.4) is 0 Å². The van der Waals surface area contributed by atoms with Gasteiger partial charge in [-0.1, -0.05) is 54.6 Å². The maximum absolute atomic E-state index is 12.5. The molecule has 0 spiro atoms. The van der Waals surface area contributed by atoms with Gasteiger partial charge >= 0.3 is 0 Å². The molecule has 0 aromatic heterocycles. The number of hydrogen-bond donors (Lipinski definition) is 1. The molecule has 27 heavy (non-hydrogen) atoms. The summed E-state index contributed by atoms with van der Waals surface area (Å²) in [6.07, 6.45) is 2.06. The number of amides is 1. The van der Waals surface area contributed by atoms with Gasteiger partial charge in [0, 0.05) is 24.5 Å². The van der Waals surface area contributed by atoms with Crippen molar-refractivity contribution in [1.29, 1.82) is 0 Å². The molecule has 0 unspecified atom stereocenters. The van der Waals surface area contributed by atoms with E-state index in [9.17, 15) is 4.79 Å². The van der Waals surface area contributed by atoms with Crippen LogP contribution in [-0.2, 0) is 11.3 Å². The number of thioether (sulfide) groups is 1. The van der Waals surface area contributed by atoms with Crippen LogP contribution in [0.15, 0.2) is 71.6 Å². The lowest BCUT2D eigenvalue weighted by molar-refractivity contribution is -0.129. The van der Waals surface area contributed by atoms with E-state index in [4.69, 9.17) is 0 Å². The average Bonchev–Trinajstić information content (AvgIpc) is 2.71. The Labute approximate surface area is 165 Å². The molecular formula is C23H26N2OS. The van der Waals surface area contributed by atoms with Crippen LogP contribution in [0.5, 0.6) is 0 Å². The van der Waals surface area contributed by atoms with Crippen molar-refractivity contribution < 1.29 is 4.79 Å². The van der Waals surface area contributed by atoms with Crippen LogP contribution in [0.1, 0.15) is 24.1 Å². The average molecular weight is 379 g/mol. The van der Waals surface area contributed by atoms with Gasteiger partial charge in [-0.25, -0.2) is 0 Å². The fourth-order valence-electron chi connectivity index (χ4n) is 3.21. The lowest BCUT2D eigenvalue weighted by Gasteiger charge is -2.21. The zero-order chi connectivity index (χ0) is 19.2. The highest BCUT2D eigenvalue weighted by atomic mass is 32.2. The zero-order valence-corrected chi connectivity index (χ0v) is 16.9. The summed E-state index contributed by atoms with van der Waals surface area (Å²) in [6.45, 7) is 3.05. The van der Waals surface area contributed by atoms with E-state index >= 15 is 0 Å². The van der Waals surface area contributed by atoms with Crippen molar-refractivity contribution in [1.82, 2.24) is 10.2 Å². The first kappa shape index (κ1) is 19.5. The Bertz CT molecular complexity index is 902. The number of likely N-dealkylation sites (N-methyl/N-ethyl adjacent to an activating group) is 1. The second-order valence-corrected chi connectivity index (χ2v) is 7.65. The van der Waals surface area contributed by atoms with Gasteiger partial charge in [-0.05, 0) is 47.2 Å². The number of nitrogens with one attached hydrogen (secondary N) is 1. The SMILES string of the molecule is CSc1ccc(CN(C)C(=O)CN[C@H](C)c2cccc3ccccc23)cc1. The van der Waals surface area contributed by atoms with Gasteiger partial charge < -0.3 is 10.2 Å². The summed E-state index contributed by atoms with van der Waals surface area (Å²) < 4.78 is 0. The summed E-state index contributed by atoms with van der Waals surface area (Å²) >= 11 is 1.72. The molecule has 0 aliphatic carbocycles. The van der Waals surface area contributed by atoms with E-state index in [-0.39, 0.29) is 11.9 Å². The van der Waals surface area contributed by atoms with Crippen LogP contribution >= 0.6 is 11.8 Å². The van der Waals surface area contributed by atoms with Crippen LogP contribution < -0.4 is 5.32 Å². The Balaban J connectivity index is 1.58. The number of nitrogens with zero attached hydrogens (tertiary/aromatic N) is 1. The van der Waals surface area contributed by atoms with E-state index in [1.165, 1.54) is 21.2 Å². The van der Waals surface area contributed by atoms with Crippen LogP contribution in [-0.4, -0.2) is 30.7 Å². The number of carbonyl (C=O) groups excluding carboxylic acids is 1. The summed E-state index contributed by atoms with van der Waals surface area (Å²) in [5.41, 5.74) is 2.36. The summed E-state index contributed by atoms with van der Waals surface area (Å²) in [4.78, 5) is 15.5. The van der Waals surface area contributed by atoms with Crippen molar-refractivity contribution in [2.75, 3.05) is 19.8 Å². The largest absolute Gasteiger partial charge is 0.340 e. The molecule has 0 heterocycles. The fourth-order valence-corrected chi connectivity index (χ4v) is 3.61. The number of carbonyl (C=O) groups is 1. The predicted octanol–water partition coefficient (Wildman–Crippen LogP) is 4.87. The first-order chi connectivity index (χ1) is 13.1. The Morgan fingerprint density at radius 1 is 1.04 bits per heavy atom. The third-order valence-corrected chi connectivity index (χ3v) is 5.60. The van der Waals surface area contributed by atoms with Crippen LogP contribution in [0, 0.1) is 0 Å². The standard InChI is InChI=1S/C23H26N2OS/c1-17(21-10-6-8-19-7-4-5-9-22(19)21)24-15-23(26)25(2)16-18-11-13-20(27-3)14-12-18/h4-14,17,24H,15-16H2,1-3H3/t17-/m1/s1. The maximum Gasteiger partial charge on any atom is 0.236 e. The molecule has 1 N–H and O–H groups in total. The molecule has 0 aliphatic rings. The molecule has 3 rings (SSSR count). The van der Waals surface area contributed by atoms with E-state index in [0.29, 0.717) is 13.1 Å². The lowest BCUT2D eigenvalue weighted by Crippen LogP contribution is -2.36. The highest BCUT2D eigenvalue weighted by molar-refractivity contribution is 7.98. The van der Waals surface area contributed by atoms with Crippen molar-refractivity contribution in [3.05, 3.63) is 77.9 Å². The zero-order valence-electron chi connectivity index (χ0n) is 16.1. The second-order valence-electron chi connectivity index (χ2n) is 6.77. The molecule has 0 aliphatic heterocycles. The first-order valence-electron chi connectivity index (χ1n) is 9.16. The summed E-state index contributed by atoms with van der Waals surface area (Å²) in [5, 5.41) is 5.84. The Morgan fingerprint density at radius 3 is 2.48 bits per heavy atom. The third-order valence-electron chi connectivity index (χ3n) is 4.85. The van der Waals surface area contributed by atoms with Gasteiger partial charge in [0.15, 0.2) is 0 Å². The molecule has 3 aromatic rings. The van der Waals surface area contributed by atoms with E-state index in [1.54, 1.807) is 16.7 Å². The molecule has 3 aromatic carbocycles. The normalized spacial score (nSPS) is 12.1. The minimum absolute atomic E-state index is 0.0935. The molecule has 3 nitrogen and oxygen atoms in total. The fraction of sp³-hybridized carbons (Fsp3) is 0.261. The summed E-state index contributed by atoms with van der Waals surface area (Å²) in [7, 11) is 1.86. The molecule has 140 valence electrons. The van der Waals surface area contributed by atoms with Crippen LogP contribution in [0.4, 0.5) is 0 Å². The van der Waals surface area contributed by atoms with Gasteiger partial charge in [-0.15, -0.1) is 11.8 Å². The molecule has 0 bridgehead atoms. The Kier molecular flexibility index (Phi) is 6.54. The molecule has 0 fully saturated rings. The molecule has 4 heteroatoms. The highest BCUT2D eigenvalue weighted by Gasteiger charge is 2.13. The molecule has 1 atom stereocenters. The van der Waals surface area contributed by atoms with Gasteiger partial charge in [0.25, 0.3) is 0 Å². The Morgan fingerprint density at radius 2 is 1.74 bits per heavy atom. The minimum Gasteiger partial charge on any atom is -0.340 e. The van der Waals surface area contributed by atoms with Gasteiger partial charge in [0.2, 0.25) is 5.91 Å². The molecular weight excluding hydrogens is 352 g/mol. The molecule has 0 radical (unpaired) electrons. The molecule has 0 saturated carbocycles. The third kappa shape index (κ3) is 4.90. The van der Waals surface area contributed by atoms with Crippen molar-refractivity contribution in [3.8, 4) is 0 Å². The summed E-state index contributed by atoms with van der Waals surface area (Å²) in [6, 6.07) is 23.1. The van der Waals surface area contributed by atoms with E-state index in [2.05, 4.69) is 85.2 Å². The van der Waals surface area contributed by atoms with Gasteiger partial charge in [0.1, 0.15) is 0 Å². The van der Waals surface area contributed by atoms with E-state index < -0.39 is 0 Å². The predicted molar refractivity (Wildman–Crippen MR) is 115 cm³/mol. The second kappa shape index (κ2) is 9.07. The van der Waals surface area contributed by atoms with Crippen LogP contribution in [0.25, 0.3) is 10.8 Å². The van der Waals surface area contributed by atoms with Crippen molar-refractivity contribution in [3.63, 3.8) is 0 Å². The number of rotatable bonds is 7. The van der Waals surface area contributed by atoms with Crippen molar-refractivity contribution in [2.24, 2.45) is 0 Å². The number of benzene rings is 3. The van der Waals surface area contributed by atoms with Crippen molar-refractivity contribution in [2.45, 2.75) is 24.4 Å². The lowest BCUT2D eigenvalue weighted by atomic mass is 10.00. The van der Waals surface area contributed by atoms with Gasteiger partial charge in [-0.3, -0.25) is 4.79 Å². The van der Waals surface area contributed by atoms with Gasteiger partial charge in [-0.2, -0.15) is 0 Å². The first-order valence-corrected chi connectivity index (χ1v) is 10.4. The Hall–Kier alpha value is -2.30. The molecule has 1 amide bonds. The minimum atomic E-state index is 0.0935.